The number of aromatic nitrogens is 2. The molecule has 0 saturated heterocycles. The van der Waals surface area contributed by atoms with Crippen LogP contribution in [0.1, 0.15) is 22.0 Å². The summed E-state index contributed by atoms with van der Waals surface area (Å²) >= 11 is 7.12. The fraction of sp³-hybridized carbons (Fsp3) is 0.0435. The number of fused-ring (bicyclic) bond motifs is 1. The second kappa shape index (κ2) is 7.81. The van der Waals surface area contributed by atoms with Crippen LogP contribution < -0.4 is 4.90 Å². The van der Waals surface area contributed by atoms with Gasteiger partial charge in [0, 0.05) is 23.0 Å². The van der Waals surface area contributed by atoms with Crippen molar-refractivity contribution in [3.8, 4) is 0 Å². The van der Waals surface area contributed by atoms with Crippen molar-refractivity contribution in [2.24, 2.45) is 0 Å². The van der Waals surface area contributed by atoms with Gasteiger partial charge in [0.1, 0.15) is 5.82 Å². The smallest absolute Gasteiger partial charge is 0.296 e. The summed E-state index contributed by atoms with van der Waals surface area (Å²) in [5.41, 5.74) is 1.20. The number of aliphatic hydroxyl groups excluding tert-OH is 1. The van der Waals surface area contributed by atoms with Gasteiger partial charge in [-0.05, 0) is 48.0 Å². The second-order valence-electron chi connectivity index (χ2n) is 7.07. The molecule has 2 aromatic carbocycles. The number of aliphatic hydroxyl groups is 1. The summed E-state index contributed by atoms with van der Waals surface area (Å²) in [4.78, 5) is 36.1. The Hall–Kier alpha value is -3.62. The standard InChI is InChI=1S/C23H13ClFN3O3S/c24-14-5-3-12(4-6-14)19-18(20(29)13-2-1-9-26-11-13)21(30)22(31)28(19)23-27-16-8-7-15(25)10-17(16)32-23/h1-11,19,30H. The fourth-order valence-corrected chi connectivity index (χ4v) is 4.78. The first-order valence-corrected chi connectivity index (χ1v) is 10.7. The summed E-state index contributed by atoms with van der Waals surface area (Å²) in [5.74, 6) is -2.39. The topological polar surface area (TPSA) is 83.4 Å². The van der Waals surface area contributed by atoms with Crippen LogP contribution in [0.25, 0.3) is 10.2 Å². The lowest BCUT2D eigenvalue weighted by molar-refractivity contribution is -0.117. The highest BCUT2D eigenvalue weighted by molar-refractivity contribution is 7.22. The van der Waals surface area contributed by atoms with E-state index in [2.05, 4.69) is 9.97 Å². The van der Waals surface area contributed by atoms with Crippen LogP contribution in [0.2, 0.25) is 5.02 Å². The average Bonchev–Trinajstić information content (AvgIpc) is 3.32. The van der Waals surface area contributed by atoms with E-state index in [1.54, 1.807) is 36.4 Å². The minimum absolute atomic E-state index is 0.0873. The van der Waals surface area contributed by atoms with Gasteiger partial charge in [-0.15, -0.1) is 0 Å². The first-order valence-electron chi connectivity index (χ1n) is 9.47. The van der Waals surface area contributed by atoms with Crippen molar-refractivity contribution in [1.82, 2.24) is 9.97 Å². The number of hydrogen-bond donors (Lipinski definition) is 1. The van der Waals surface area contributed by atoms with Crippen molar-refractivity contribution in [2.75, 3.05) is 4.90 Å². The Bertz CT molecular complexity index is 1400. The number of benzene rings is 2. The number of carbonyl (C=O) groups is 2. The molecule has 6 nitrogen and oxygen atoms in total. The number of thiazole rings is 1. The van der Waals surface area contributed by atoms with Gasteiger partial charge in [0.15, 0.2) is 16.7 Å². The zero-order valence-electron chi connectivity index (χ0n) is 16.2. The van der Waals surface area contributed by atoms with Crippen LogP contribution in [0.5, 0.6) is 0 Å². The highest BCUT2D eigenvalue weighted by atomic mass is 35.5. The molecule has 1 amide bonds. The summed E-state index contributed by atoms with van der Waals surface area (Å²) in [6.45, 7) is 0. The number of Topliss-reactive ketones (excluding diaryl/α,β-unsaturated/α-hetero) is 1. The number of ketones is 1. The van der Waals surface area contributed by atoms with Gasteiger partial charge < -0.3 is 5.11 Å². The lowest BCUT2D eigenvalue weighted by Crippen LogP contribution is -2.31. The molecule has 0 spiro atoms. The van der Waals surface area contributed by atoms with E-state index in [1.807, 2.05) is 0 Å². The van der Waals surface area contributed by atoms with Crippen molar-refractivity contribution in [2.45, 2.75) is 6.04 Å². The van der Waals surface area contributed by atoms with Gasteiger partial charge in [-0.3, -0.25) is 19.5 Å². The molecule has 0 radical (unpaired) electrons. The molecule has 158 valence electrons. The molecule has 32 heavy (non-hydrogen) atoms. The Labute approximate surface area is 190 Å². The van der Waals surface area contributed by atoms with Crippen LogP contribution in [-0.2, 0) is 4.79 Å². The zero-order chi connectivity index (χ0) is 22.4. The molecule has 4 aromatic rings. The van der Waals surface area contributed by atoms with E-state index >= 15 is 0 Å². The third kappa shape index (κ3) is 3.34. The molecule has 3 heterocycles. The molecule has 2 aromatic heterocycles. The number of nitrogens with zero attached hydrogens (tertiary/aromatic N) is 3. The molecule has 1 aliphatic rings. The van der Waals surface area contributed by atoms with E-state index in [0.717, 1.165) is 11.3 Å². The molecule has 0 aliphatic carbocycles. The van der Waals surface area contributed by atoms with Gasteiger partial charge in [-0.25, -0.2) is 9.37 Å². The molecule has 1 atom stereocenters. The maximum atomic E-state index is 13.7. The van der Waals surface area contributed by atoms with E-state index in [1.165, 1.54) is 35.5 Å². The Morgan fingerprint density at radius 3 is 2.66 bits per heavy atom. The van der Waals surface area contributed by atoms with Crippen LogP contribution in [0, 0.1) is 5.82 Å². The molecule has 0 saturated carbocycles. The number of hydrogen-bond acceptors (Lipinski definition) is 6. The number of anilines is 1. The Kier molecular flexibility index (Phi) is 4.96. The zero-order valence-corrected chi connectivity index (χ0v) is 17.8. The van der Waals surface area contributed by atoms with Gasteiger partial charge in [-0.1, -0.05) is 35.1 Å². The Morgan fingerprint density at radius 2 is 1.94 bits per heavy atom. The van der Waals surface area contributed by atoms with Crippen molar-refractivity contribution in [3.63, 3.8) is 0 Å². The summed E-state index contributed by atoms with van der Waals surface area (Å²) in [5, 5.41) is 11.5. The van der Waals surface area contributed by atoms with Crippen LogP contribution >= 0.6 is 22.9 Å². The Morgan fingerprint density at radius 1 is 1.16 bits per heavy atom. The fourth-order valence-electron chi connectivity index (χ4n) is 3.64. The lowest BCUT2D eigenvalue weighted by atomic mass is 9.93. The highest BCUT2D eigenvalue weighted by Crippen LogP contribution is 2.44. The number of halogens is 2. The third-order valence-electron chi connectivity index (χ3n) is 5.11. The first kappa shape index (κ1) is 20.3. The number of pyridine rings is 1. The van der Waals surface area contributed by atoms with Crippen molar-refractivity contribution in [3.05, 3.63) is 100 Å². The molecule has 5 rings (SSSR count). The summed E-state index contributed by atoms with van der Waals surface area (Å²) in [6.07, 6.45) is 2.89. The maximum absolute atomic E-state index is 13.7. The summed E-state index contributed by atoms with van der Waals surface area (Å²) in [7, 11) is 0. The van der Waals surface area contributed by atoms with E-state index < -0.39 is 29.3 Å². The van der Waals surface area contributed by atoms with Crippen molar-refractivity contribution in [1.29, 1.82) is 0 Å². The van der Waals surface area contributed by atoms with Crippen molar-refractivity contribution >= 4 is 50.0 Å². The molecular weight excluding hydrogens is 453 g/mol. The number of carbonyl (C=O) groups excluding carboxylic acids is 2. The van der Waals surface area contributed by atoms with Gasteiger partial charge in [0.2, 0.25) is 0 Å². The molecule has 9 heteroatoms. The number of amides is 1. The van der Waals surface area contributed by atoms with Crippen LogP contribution in [0.3, 0.4) is 0 Å². The van der Waals surface area contributed by atoms with E-state index in [0.29, 0.717) is 20.8 Å². The van der Waals surface area contributed by atoms with E-state index in [-0.39, 0.29) is 16.3 Å². The SMILES string of the molecule is O=C(C1=C(O)C(=O)N(c2nc3ccc(F)cc3s2)C1c1ccc(Cl)cc1)c1cccnc1. The quantitative estimate of drug-likeness (QED) is 0.415. The van der Waals surface area contributed by atoms with E-state index in [9.17, 15) is 19.1 Å². The predicted octanol–water partition coefficient (Wildman–Crippen LogP) is 5.27. The molecular formula is C23H13ClFN3O3S. The van der Waals surface area contributed by atoms with Gasteiger partial charge in [0.25, 0.3) is 5.91 Å². The highest BCUT2D eigenvalue weighted by Gasteiger charge is 2.45. The minimum Gasteiger partial charge on any atom is -0.503 e. The van der Waals surface area contributed by atoms with Crippen LogP contribution in [-0.4, -0.2) is 26.8 Å². The maximum Gasteiger partial charge on any atom is 0.296 e. The third-order valence-corrected chi connectivity index (χ3v) is 6.38. The second-order valence-corrected chi connectivity index (χ2v) is 8.52. The molecule has 1 unspecified atom stereocenters. The predicted molar refractivity (Wildman–Crippen MR) is 119 cm³/mol. The number of rotatable bonds is 4. The lowest BCUT2D eigenvalue weighted by Gasteiger charge is -2.24. The normalized spacial score (nSPS) is 16.2. The van der Waals surface area contributed by atoms with E-state index in [4.69, 9.17) is 11.6 Å². The molecule has 0 fully saturated rings. The Balaban J connectivity index is 1.68. The average molecular weight is 466 g/mol. The van der Waals surface area contributed by atoms with Crippen LogP contribution in [0.4, 0.5) is 9.52 Å². The first-order chi connectivity index (χ1) is 15.4. The van der Waals surface area contributed by atoms with Crippen molar-refractivity contribution < 1.29 is 19.1 Å². The summed E-state index contributed by atoms with van der Waals surface area (Å²) in [6, 6.07) is 12.9. The van der Waals surface area contributed by atoms with Gasteiger partial charge in [0.05, 0.1) is 21.8 Å². The van der Waals surface area contributed by atoms with Gasteiger partial charge in [-0.2, -0.15) is 0 Å². The monoisotopic (exact) mass is 465 g/mol. The summed E-state index contributed by atoms with van der Waals surface area (Å²) < 4.78 is 14.2. The minimum atomic E-state index is -0.946. The van der Waals surface area contributed by atoms with Gasteiger partial charge >= 0.3 is 0 Å². The largest absolute Gasteiger partial charge is 0.503 e. The molecule has 0 bridgehead atoms. The molecule has 1 aliphatic heterocycles. The molecule has 1 N–H and O–H groups in total. The van der Waals surface area contributed by atoms with Crippen LogP contribution in [0.15, 0.2) is 78.3 Å².